The Morgan fingerprint density at radius 3 is 2.63 bits per heavy atom. The molecule has 1 heterocycles. The quantitative estimate of drug-likeness (QED) is 0.842. The summed E-state index contributed by atoms with van der Waals surface area (Å²) < 4.78 is 5.84. The van der Waals surface area contributed by atoms with Crippen LogP contribution >= 0.6 is 12.2 Å². The topological polar surface area (TPSA) is 48.8 Å². The molecular weight excluding hydrogens is 256 g/mol. The van der Waals surface area contributed by atoms with Crippen LogP contribution in [-0.2, 0) is 0 Å². The molecule has 0 unspecified atom stereocenters. The van der Waals surface area contributed by atoms with Crippen molar-refractivity contribution in [3.8, 4) is 23.1 Å². The molecule has 19 heavy (non-hydrogen) atoms. The van der Waals surface area contributed by atoms with Crippen LogP contribution < -0.4 is 4.74 Å². The van der Waals surface area contributed by atoms with E-state index in [0.717, 1.165) is 28.1 Å². The van der Waals surface area contributed by atoms with Gasteiger partial charge in [-0.2, -0.15) is 5.26 Å². The predicted octanol–water partition coefficient (Wildman–Crippen LogP) is 3.91. The van der Waals surface area contributed by atoms with Crippen LogP contribution in [0.4, 0.5) is 0 Å². The Labute approximate surface area is 117 Å². The molecule has 1 aromatic carbocycles. The third kappa shape index (κ3) is 2.51. The molecule has 0 spiro atoms. The molecule has 2 aromatic rings. The third-order valence-electron chi connectivity index (χ3n) is 2.98. The maximum Gasteiger partial charge on any atom is 0.128 e. The van der Waals surface area contributed by atoms with Gasteiger partial charge in [0, 0.05) is 5.56 Å². The fourth-order valence-corrected chi connectivity index (χ4v) is 2.22. The van der Waals surface area contributed by atoms with E-state index < -0.39 is 0 Å². The summed E-state index contributed by atoms with van der Waals surface area (Å²) in [4.78, 5) is 3.13. The molecule has 0 radical (unpaired) electrons. The van der Waals surface area contributed by atoms with Gasteiger partial charge in [0.1, 0.15) is 16.5 Å². The SMILES string of the molecule is COc1ccc(C)cc1-c1[nH]c(=S)c(C#N)cc1C. The van der Waals surface area contributed by atoms with Crippen LogP contribution in [-0.4, -0.2) is 12.1 Å². The van der Waals surface area contributed by atoms with Gasteiger partial charge >= 0.3 is 0 Å². The second-order valence-electron chi connectivity index (χ2n) is 4.39. The van der Waals surface area contributed by atoms with E-state index in [9.17, 15) is 0 Å². The Kier molecular flexibility index (Phi) is 3.68. The Balaban J connectivity index is 2.73. The number of hydrogen-bond donors (Lipinski definition) is 1. The second kappa shape index (κ2) is 5.25. The molecule has 0 bridgehead atoms. The maximum absolute atomic E-state index is 8.99. The number of H-pyrrole nitrogens is 1. The van der Waals surface area contributed by atoms with Crippen LogP contribution in [0.3, 0.4) is 0 Å². The van der Waals surface area contributed by atoms with E-state index >= 15 is 0 Å². The van der Waals surface area contributed by atoms with Gasteiger partial charge in [0.2, 0.25) is 0 Å². The zero-order valence-corrected chi connectivity index (χ0v) is 11.9. The van der Waals surface area contributed by atoms with E-state index in [2.05, 4.69) is 11.1 Å². The van der Waals surface area contributed by atoms with E-state index in [1.54, 1.807) is 13.2 Å². The van der Waals surface area contributed by atoms with Crippen LogP contribution in [0.15, 0.2) is 24.3 Å². The van der Waals surface area contributed by atoms with Crippen molar-refractivity contribution in [2.75, 3.05) is 7.11 Å². The molecule has 0 saturated carbocycles. The molecule has 96 valence electrons. The van der Waals surface area contributed by atoms with Crippen LogP contribution in [0.25, 0.3) is 11.3 Å². The smallest absolute Gasteiger partial charge is 0.128 e. The number of aromatic amines is 1. The summed E-state index contributed by atoms with van der Waals surface area (Å²) in [6.07, 6.45) is 0. The number of nitriles is 1. The molecule has 0 atom stereocenters. The number of methoxy groups -OCH3 is 1. The Bertz CT molecular complexity index is 726. The van der Waals surface area contributed by atoms with Gasteiger partial charge in [-0.3, -0.25) is 0 Å². The minimum absolute atomic E-state index is 0.451. The Morgan fingerprint density at radius 2 is 2.00 bits per heavy atom. The van der Waals surface area contributed by atoms with E-state index in [0.29, 0.717) is 10.2 Å². The van der Waals surface area contributed by atoms with Gasteiger partial charge in [-0.1, -0.05) is 23.8 Å². The highest BCUT2D eigenvalue weighted by molar-refractivity contribution is 7.71. The van der Waals surface area contributed by atoms with Crippen molar-refractivity contribution in [2.24, 2.45) is 0 Å². The largest absolute Gasteiger partial charge is 0.496 e. The lowest BCUT2D eigenvalue weighted by atomic mass is 10.0. The highest BCUT2D eigenvalue weighted by Gasteiger charge is 2.11. The third-order valence-corrected chi connectivity index (χ3v) is 3.31. The lowest BCUT2D eigenvalue weighted by Crippen LogP contribution is -1.95. The first-order valence-electron chi connectivity index (χ1n) is 5.86. The molecular formula is C15H14N2OS. The number of rotatable bonds is 2. The van der Waals surface area contributed by atoms with Gasteiger partial charge in [0.15, 0.2) is 0 Å². The van der Waals surface area contributed by atoms with Gasteiger partial charge in [0.05, 0.1) is 18.4 Å². The average Bonchev–Trinajstić information content (AvgIpc) is 2.40. The van der Waals surface area contributed by atoms with Gasteiger partial charge in [-0.15, -0.1) is 0 Å². The van der Waals surface area contributed by atoms with Crippen LogP contribution in [0.5, 0.6) is 5.75 Å². The summed E-state index contributed by atoms with van der Waals surface area (Å²) in [6.45, 7) is 3.97. The number of benzene rings is 1. The molecule has 0 amide bonds. The minimum atomic E-state index is 0.451. The van der Waals surface area contributed by atoms with Crippen molar-refractivity contribution in [3.05, 3.63) is 45.6 Å². The van der Waals surface area contributed by atoms with Gasteiger partial charge < -0.3 is 9.72 Å². The standard InChI is InChI=1S/C15H14N2OS/c1-9-4-5-13(18-3)12(6-9)14-10(2)7-11(8-16)15(19)17-14/h4-7H,1-3H3,(H,17,19). The Hall–Kier alpha value is -2.12. The van der Waals surface area contributed by atoms with Crippen LogP contribution in [0, 0.1) is 29.8 Å². The number of aromatic nitrogens is 1. The number of nitrogens with one attached hydrogen (secondary N) is 1. The van der Waals surface area contributed by atoms with E-state index in [4.69, 9.17) is 22.2 Å². The first kappa shape index (κ1) is 13.3. The first-order chi connectivity index (χ1) is 9.06. The van der Waals surface area contributed by atoms with Crippen molar-refractivity contribution in [3.63, 3.8) is 0 Å². The number of nitrogens with zero attached hydrogens (tertiary/aromatic N) is 1. The molecule has 3 nitrogen and oxygen atoms in total. The normalized spacial score (nSPS) is 10.0. The molecule has 0 aliphatic heterocycles. The highest BCUT2D eigenvalue weighted by Crippen LogP contribution is 2.31. The maximum atomic E-state index is 8.99. The molecule has 1 aromatic heterocycles. The number of pyridine rings is 1. The van der Waals surface area contributed by atoms with E-state index in [1.165, 1.54) is 0 Å². The predicted molar refractivity (Wildman–Crippen MR) is 77.8 cm³/mol. The average molecular weight is 270 g/mol. The summed E-state index contributed by atoms with van der Waals surface area (Å²) >= 11 is 5.19. The fourth-order valence-electron chi connectivity index (χ4n) is 2.01. The molecule has 0 fully saturated rings. The van der Waals surface area contributed by atoms with Gasteiger partial charge in [0.25, 0.3) is 0 Å². The molecule has 0 saturated heterocycles. The molecule has 4 heteroatoms. The summed E-state index contributed by atoms with van der Waals surface area (Å²) in [7, 11) is 1.64. The summed E-state index contributed by atoms with van der Waals surface area (Å²) in [5.74, 6) is 0.782. The molecule has 0 aliphatic rings. The lowest BCUT2D eigenvalue weighted by Gasteiger charge is -2.12. The molecule has 1 N–H and O–H groups in total. The first-order valence-corrected chi connectivity index (χ1v) is 6.26. The highest BCUT2D eigenvalue weighted by atomic mass is 32.1. The number of aryl methyl sites for hydroxylation is 2. The van der Waals surface area contributed by atoms with Crippen LogP contribution in [0.1, 0.15) is 16.7 Å². The molecule has 2 rings (SSSR count). The molecule has 0 aliphatic carbocycles. The van der Waals surface area contributed by atoms with E-state index in [1.807, 2.05) is 32.0 Å². The number of ether oxygens (including phenoxy) is 1. The number of hydrogen-bond acceptors (Lipinski definition) is 3. The zero-order valence-electron chi connectivity index (χ0n) is 11.1. The Morgan fingerprint density at radius 1 is 1.26 bits per heavy atom. The fraction of sp³-hybridized carbons (Fsp3) is 0.200. The second-order valence-corrected chi connectivity index (χ2v) is 4.79. The van der Waals surface area contributed by atoms with E-state index in [-0.39, 0.29) is 0 Å². The van der Waals surface area contributed by atoms with Crippen molar-refractivity contribution < 1.29 is 4.74 Å². The summed E-state index contributed by atoms with van der Waals surface area (Å²) in [5.41, 5.74) is 4.44. The van der Waals surface area contributed by atoms with Gasteiger partial charge in [-0.05, 0) is 37.6 Å². The van der Waals surface area contributed by atoms with Crippen molar-refractivity contribution in [2.45, 2.75) is 13.8 Å². The van der Waals surface area contributed by atoms with Crippen LogP contribution in [0.2, 0.25) is 0 Å². The minimum Gasteiger partial charge on any atom is -0.496 e. The van der Waals surface area contributed by atoms with Gasteiger partial charge in [-0.25, -0.2) is 0 Å². The van der Waals surface area contributed by atoms with Crippen molar-refractivity contribution in [1.82, 2.24) is 4.98 Å². The lowest BCUT2D eigenvalue weighted by molar-refractivity contribution is 0.416. The summed E-state index contributed by atoms with van der Waals surface area (Å²) in [5, 5.41) is 8.99. The monoisotopic (exact) mass is 270 g/mol. The van der Waals surface area contributed by atoms with Crippen molar-refractivity contribution in [1.29, 1.82) is 5.26 Å². The summed E-state index contributed by atoms with van der Waals surface area (Å²) in [6, 6.07) is 9.86. The van der Waals surface area contributed by atoms with Crippen molar-refractivity contribution >= 4 is 12.2 Å². The zero-order chi connectivity index (χ0) is 14.0.